The van der Waals surface area contributed by atoms with Crippen LogP contribution in [0.15, 0.2) is 27.6 Å². The number of sulfonamides is 1. The molecule has 1 aliphatic heterocycles. The van der Waals surface area contributed by atoms with Gasteiger partial charge in [0.2, 0.25) is 10.0 Å². The molecule has 2 heterocycles. The Kier molecular flexibility index (Phi) is 5.98. The number of hydrogen-bond acceptors (Lipinski definition) is 6. The predicted octanol–water partition coefficient (Wildman–Crippen LogP) is 2.76. The molecule has 1 aromatic heterocycles. The lowest BCUT2D eigenvalue weighted by atomic mass is 10.1. The lowest BCUT2D eigenvalue weighted by molar-refractivity contribution is 0.268. The fraction of sp³-hybridized carbons (Fsp3) is 0.579. The third-order valence-corrected chi connectivity index (χ3v) is 7.25. The molecule has 7 nitrogen and oxygen atoms in total. The van der Waals surface area contributed by atoms with E-state index in [1.165, 1.54) is 0 Å². The quantitative estimate of drug-likeness (QED) is 0.813. The zero-order chi connectivity index (χ0) is 19.6. The summed E-state index contributed by atoms with van der Waals surface area (Å²) in [5.41, 5.74) is 1.56. The predicted molar refractivity (Wildman–Crippen MR) is 104 cm³/mol. The highest BCUT2D eigenvalue weighted by Gasteiger charge is 2.31. The van der Waals surface area contributed by atoms with Crippen molar-refractivity contribution in [3.63, 3.8) is 0 Å². The smallest absolute Gasteiger partial charge is 0.258 e. The van der Waals surface area contributed by atoms with Gasteiger partial charge in [0, 0.05) is 30.6 Å². The maximum absolute atomic E-state index is 13.1. The molecule has 1 fully saturated rings. The van der Waals surface area contributed by atoms with E-state index >= 15 is 0 Å². The Morgan fingerprint density at radius 3 is 2.85 bits per heavy atom. The number of likely N-dealkylation sites (N-methyl/N-ethyl adjacent to an activating group) is 1. The van der Waals surface area contributed by atoms with Crippen LogP contribution in [0.2, 0.25) is 0 Å². The molecule has 0 amide bonds. The van der Waals surface area contributed by atoms with Crippen molar-refractivity contribution in [1.29, 1.82) is 0 Å². The highest BCUT2D eigenvalue weighted by Crippen LogP contribution is 2.29. The maximum Gasteiger partial charge on any atom is 0.258 e. The number of nitrogens with one attached hydrogen (secondary N) is 1. The molecular formula is C19H28N4O3S. The van der Waals surface area contributed by atoms with Gasteiger partial charge in [-0.05, 0) is 58.4 Å². The number of piperidine rings is 1. The third kappa shape index (κ3) is 4.23. The van der Waals surface area contributed by atoms with Crippen molar-refractivity contribution in [3.05, 3.63) is 29.6 Å². The normalized spacial score (nSPS) is 19.9. The molecule has 0 bridgehead atoms. The van der Waals surface area contributed by atoms with Crippen LogP contribution in [0.1, 0.15) is 44.5 Å². The minimum Gasteiger partial charge on any atom is -0.334 e. The molecule has 0 saturated carbocycles. The van der Waals surface area contributed by atoms with Gasteiger partial charge in [0.15, 0.2) is 5.82 Å². The molecule has 2 aromatic rings. The molecule has 27 heavy (non-hydrogen) atoms. The van der Waals surface area contributed by atoms with E-state index in [2.05, 4.69) is 15.5 Å². The number of aromatic nitrogens is 2. The van der Waals surface area contributed by atoms with Crippen molar-refractivity contribution in [2.24, 2.45) is 0 Å². The van der Waals surface area contributed by atoms with E-state index in [4.69, 9.17) is 4.52 Å². The van der Waals surface area contributed by atoms with Gasteiger partial charge >= 0.3 is 0 Å². The number of benzene rings is 1. The van der Waals surface area contributed by atoms with Gasteiger partial charge in [0.1, 0.15) is 0 Å². The Labute approximate surface area is 161 Å². The Hall–Kier alpha value is -1.77. The zero-order valence-electron chi connectivity index (χ0n) is 16.4. The summed E-state index contributed by atoms with van der Waals surface area (Å²) in [5.74, 6) is 0.957. The van der Waals surface area contributed by atoms with Crippen molar-refractivity contribution in [2.75, 3.05) is 13.6 Å². The van der Waals surface area contributed by atoms with Crippen LogP contribution in [0.25, 0.3) is 11.5 Å². The van der Waals surface area contributed by atoms with Crippen LogP contribution >= 0.6 is 0 Å². The second kappa shape index (κ2) is 8.08. The van der Waals surface area contributed by atoms with E-state index in [9.17, 15) is 8.42 Å². The van der Waals surface area contributed by atoms with Crippen LogP contribution in [0.3, 0.4) is 0 Å². The molecule has 148 valence electrons. The van der Waals surface area contributed by atoms with E-state index in [1.807, 2.05) is 27.8 Å². The second-order valence-corrected chi connectivity index (χ2v) is 9.24. The molecule has 1 N–H and O–H groups in total. The van der Waals surface area contributed by atoms with Gasteiger partial charge in [-0.25, -0.2) is 8.42 Å². The summed E-state index contributed by atoms with van der Waals surface area (Å²) >= 11 is 0. The lowest BCUT2D eigenvalue weighted by Crippen LogP contribution is -2.41. The van der Waals surface area contributed by atoms with Crippen molar-refractivity contribution < 1.29 is 12.9 Å². The summed E-state index contributed by atoms with van der Waals surface area (Å²) in [5, 5.41) is 7.17. The Bertz CT molecular complexity index is 894. The van der Waals surface area contributed by atoms with Crippen molar-refractivity contribution in [3.8, 4) is 11.5 Å². The minimum atomic E-state index is -3.54. The van der Waals surface area contributed by atoms with Crippen LogP contribution in [-0.4, -0.2) is 48.5 Å². The van der Waals surface area contributed by atoms with Crippen LogP contribution in [0.4, 0.5) is 0 Å². The summed E-state index contributed by atoms with van der Waals surface area (Å²) in [6, 6.07) is 5.37. The van der Waals surface area contributed by atoms with Crippen LogP contribution in [0.5, 0.6) is 0 Å². The highest BCUT2D eigenvalue weighted by molar-refractivity contribution is 7.89. The van der Waals surface area contributed by atoms with Gasteiger partial charge in [-0.15, -0.1) is 0 Å². The van der Waals surface area contributed by atoms with Crippen LogP contribution in [-0.2, 0) is 16.4 Å². The van der Waals surface area contributed by atoms with Gasteiger partial charge in [-0.1, -0.05) is 17.6 Å². The van der Waals surface area contributed by atoms with Crippen molar-refractivity contribution in [1.82, 2.24) is 19.8 Å². The number of rotatable bonds is 6. The summed E-state index contributed by atoms with van der Waals surface area (Å²) in [4.78, 5) is 4.73. The molecule has 1 aromatic carbocycles. The lowest BCUT2D eigenvalue weighted by Gasteiger charge is -2.32. The van der Waals surface area contributed by atoms with Gasteiger partial charge in [0.05, 0.1) is 4.90 Å². The first-order valence-electron chi connectivity index (χ1n) is 9.45. The first-order chi connectivity index (χ1) is 12.8. The van der Waals surface area contributed by atoms with Gasteiger partial charge in [-0.3, -0.25) is 0 Å². The average Bonchev–Trinajstić information content (AvgIpc) is 3.10. The molecule has 0 radical (unpaired) electrons. The van der Waals surface area contributed by atoms with E-state index in [-0.39, 0.29) is 17.0 Å². The molecule has 1 aliphatic rings. The molecule has 1 saturated heterocycles. The second-order valence-electron chi connectivity index (χ2n) is 7.35. The van der Waals surface area contributed by atoms with E-state index in [0.29, 0.717) is 30.2 Å². The van der Waals surface area contributed by atoms with Crippen LogP contribution < -0.4 is 5.32 Å². The topological polar surface area (TPSA) is 88.3 Å². The average molecular weight is 393 g/mol. The number of hydrogen-bond donors (Lipinski definition) is 1. The summed E-state index contributed by atoms with van der Waals surface area (Å²) in [6.45, 7) is 6.49. The van der Waals surface area contributed by atoms with Gasteiger partial charge in [0.25, 0.3) is 5.89 Å². The number of aryl methyl sites for hydroxylation is 1. The first kappa shape index (κ1) is 20.0. The fourth-order valence-corrected chi connectivity index (χ4v) is 5.10. The highest BCUT2D eigenvalue weighted by atomic mass is 32.2. The monoisotopic (exact) mass is 392 g/mol. The van der Waals surface area contributed by atoms with Crippen molar-refractivity contribution >= 4 is 10.0 Å². The van der Waals surface area contributed by atoms with Gasteiger partial charge in [-0.2, -0.15) is 9.29 Å². The maximum atomic E-state index is 13.1. The van der Waals surface area contributed by atoms with E-state index in [1.54, 1.807) is 22.5 Å². The van der Waals surface area contributed by atoms with Crippen molar-refractivity contribution in [2.45, 2.75) is 63.4 Å². The Balaban J connectivity index is 1.93. The third-order valence-electron chi connectivity index (χ3n) is 5.24. The molecule has 0 aliphatic carbocycles. The summed E-state index contributed by atoms with van der Waals surface area (Å²) in [7, 11) is -1.66. The Morgan fingerprint density at radius 2 is 2.15 bits per heavy atom. The van der Waals surface area contributed by atoms with E-state index < -0.39 is 10.0 Å². The molecule has 2 unspecified atom stereocenters. The summed E-state index contributed by atoms with van der Waals surface area (Å²) in [6.07, 6.45) is 3.51. The summed E-state index contributed by atoms with van der Waals surface area (Å²) < 4.78 is 33.3. The fourth-order valence-electron chi connectivity index (χ4n) is 3.38. The molecule has 3 rings (SSSR count). The number of nitrogens with zero attached hydrogens (tertiary/aromatic N) is 3. The van der Waals surface area contributed by atoms with Crippen LogP contribution in [0, 0.1) is 6.92 Å². The molecule has 2 atom stereocenters. The molecular weight excluding hydrogens is 364 g/mol. The standard InChI is InChI=1S/C19H28N4O3S/c1-13-8-9-16(27(24,25)23-10-6-5-7-15(23)3)12-17(13)19-21-18(22-26-19)11-14(2)20-4/h8-9,12,14-15,20H,5-7,10-11H2,1-4H3. The SMILES string of the molecule is CNC(C)Cc1noc(-c2cc(S(=O)(=O)N3CCCCC3C)ccc2C)n1. The zero-order valence-corrected chi connectivity index (χ0v) is 17.2. The largest absolute Gasteiger partial charge is 0.334 e. The first-order valence-corrected chi connectivity index (χ1v) is 10.9. The molecule has 0 spiro atoms. The van der Waals surface area contributed by atoms with Gasteiger partial charge < -0.3 is 9.84 Å². The minimum absolute atomic E-state index is 0.0199. The molecule has 8 heteroatoms. The van der Waals surface area contributed by atoms with E-state index in [0.717, 1.165) is 24.8 Å². The Morgan fingerprint density at radius 1 is 1.37 bits per heavy atom.